The zero-order chi connectivity index (χ0) is 16.2. The van der Waals surface area contributed by atoms with Crippen LogP contribution in [0.1, 0.15) is 31.2 Å². The van der Waals surface area contributed by atoms with Crippen LogP contribution in [0.5, 0.6) is 0 Å². The number of amides is 1. The number of nitrogens with zero attached hydrogens (tertiary/aromatic N) is 1. The van der Waals surface area contributed by atoms with E-state index in [9.17, 15) is 4.79 Å². The van der Waals surface area contributed by atoms with Gasteiger partial charge in [-0.25, -0.2) is 0 Å². The van der Waals surface area contributed by atoms with E-state index >= 15 is 0 Å². The summed E-state index contributed by atoms with van der Waals surface area (Å²) in [7, 11) is 0. The topological polar surface area (TPSA) is 20.3 Å². The van der Waals surface area contributed by atoms with Crippen LogP contribution in [0.15, 0.2) is 43.5 Å². The Morgan fingerprint density at radius 1 is 1.23 bits per heavy atom. The maximum Gasteiger partial charge on any atom is 0.222 e. The van der Waals surface area contributed by atoms with Crippen molar-refractivity contribution in [2.45, 2.75) is 32.2 Å². The van der Waals surface area contributed by atoms with Gasteiger partial charge in [0.2, 0.25) is 5.91 Å². The molecule has 0 saturated carbocycles. The van der Waals surface area contributed by atoms with Gasteiger partial charge in [0.05, 0.1) is 0 Å². The van der Waals surface area contributed by atoms with Crippen LogP contribution >= 0.6 is 23.2 Å². The molecule has 0 radical (unpaired) electrons. The molecule has 2 rings (SSSR count). The maximum atomic E-state index is 12.3. The van der Waals surface area contributed by atoms with E-state index in [1.54, 1.807) is 12.1 Å². The third kappa shape index (κ3) is 3.93. The first-order chi connectivity index (χ1) is 10.5. The molecular formula is C18H21Cl2NO. The van der Waals surface area contributed by atoms with Crippen LogP contribution in [-0.2, 0) is 11.3 Å². The summed E-state index contributed by atoms with van der Waals surface area (Å²) in [6.45, 7) is 8.95. The van der Waals surface area contributed by atoms with Crippen molar-refractivity contribution >= 4 is 29.1 Å². The first-order valence-corrected chi connectivity index (χ1v) is 8.19. The van der Waals surface area contributed by atoms with Gasteiger partial charge in [0.15, 0.2) is 0 Å². The Hall–Kier alpha value is -1.25. The summed E-state index contributed by atoms with van der Waals surface area (Å²) in [4.78, 5) is 14.2. The number of piperidine rings is 1. The average Bonchev–Trinajstić information content (AvgIpc) is 2.46. The number of hydrogen-bond acceptors (Lipinski definition) is 1. The van der Waals surface area contributed by atoms with Gasteiger partial charge in [-0.05, 0) is 42.4 Å². The summed E-state index contributed by atoms with van der Waals surface area (Å²) < 4.78 is 0. The van der Waals surface area contributed by atoms with E-state index in [1.165, 1.54) is 0 Å². The van der Waals surface area contributed by atoms with Crippen molar-refractivity contribution in [2.24, 2.45) is 5.41 Å². The van der Waals surface area contributed by atoms with Gasteiger partial charge in [0.1, 0.15) is 0 Å². The lowest BCUT2D eigenvalue weighted by atomic mass is 9.74. The predicted molar refractivity (Wildman–Crippen MR) is 93.2 cm³/mol. The Bertz CT molecular complexity index is 572. The Balaban J connectivity index is 2.19. The molecule has 1 aromatic carbocycles. The molecule has 1 aliphatic rings. The van der Waals surface area contributed by atoms with Crippen LogP contribution in [0, 0.1) is 5.41 Å². The summed E-state index contributed by atoms with van der Waals surface area (Å²) in [5, 5.41) is 1.20. The van der Waals surface area contributed by atoms with E-state index in [0.29, 0.717) is 29.6 Å². The first kappa shape index (κ1) is 17.1. The lowest BCUT2D eigenvalue weighted by Gasteiger charge is -2.42. The molecule has 1 saturated heterocycles. The highest BCUT2D eigenvalue weighted by molar-refractivity contribution is 6.35. The summed E-state index contributed by atoms with van der Waals surface area (Å²) in [6.07, 6.45) is 7.09. The lowest BCUT2D eigenvalue weighted by molar-refractivity contribution is -0.138. The van der Waals surface area contributed by atoms with Gasteiger partial charge >= 0.3 is 0 Å². The standard InChI is InChI=1S/C18H21Cl2NO/c1-3-8-18(9-4-2)10-7-17(22)21(13-18)12-14-5-6-15(19)11-16(14)20/h3-6,11H,1-2,7-10,12-13H2. The molecule has 22 heavy (non-hydrogen) atoms. The molecule has 1 fully saturated rings. The van der Waals surface area contributed by atoms with Crippen molar-refractivity contribution in [3.63, 3.8) is 0 Å². The van der Waals surface area contributed by atoms with E-state index in [2.05, 4.69) is 13.2 Å². The fraction of sp³-hybridized carbons (Fsp3) is 0.389. The normalized spacial score (nSPS) is 17.4. The number of hydrogen-bond donors (Lipinski definition) is 0. The third-order valence-corrected chi connectivity index (χ3v) is 4.87. The van der Waals surface area contributed by atoms with Crippen molar-refractivity contribution < 1.29 is 4.79 Å². The maximum absolute atomic E-state index is 12.3. The Kier molecular flexibility index (Phi) is 5.71. The molecular weight excluding hydrogens is 317 g/mol. The van der Waals surface area contributed by atoms with Crippen LogP contribution in [0.2, 0.25) is 10.0 Å². The van der Waals surface area contributed by atoms with Gasteiger partial charge in [-0.3, -0.25) is 4.79 Å². The highest BCUT2D eigenvalue weighted by Gasteiger charge is 2.36. The van der Waals surface area contributed by atoms with Gasteiger partial charge in [-0.15, -0.1) is 13.2 Å². The second-order valence-electron chi connectivity index (χ2n) is 5.97. The van der Waals surface area contributed by atoms with Crippen molar-refractivity contribution in [1.29, 1.82) is 0 Å². The zero-order valence-electron chi connectivity index (χ0n) is 12.7. The molecule has 118 valence electrons. The Labute approximate surface area is 142 Å². The molecule has 0 aliphatic carbocycles. The van der Waals surface area contributed by atoms with Crippen molar-refractivity contribution in [3.05, 3.63) is 59.1 Å². The van der Waals surface area contributed by atoms with Crippen LogP contribution in [0.3, 0.4) is 0 Å². The third-order valence-electron chi connectivity index (χ3n) is 4.28. The molecule has 0 unspecified atom stereocenters. The second-order valence-corrected chi connectivity index (χ2v) is 6.81. The summed E-state index contributed by atoms with van der Waals surface area (Å²) in [5.41, 5.74) is 0.975. The SMILES string of the molecule is C=CCC1(CC=C)CCC(=O)N(Cc2ccc(Cl)cc2Cl)C1. The van der Waals surface area contributed by atoms with Gasteiger partial charge in [-0.1, -0.05) is 41.4 Å². The number of rotatable bonds is 6. The number of carbonyl (C=O) groups excluding carboxylic acids is 1. The highest BCUT2D eigenvalue weighted by atomic mass is 35.5. The Morgan fingerprint density at radius 3 is 2.50 bits per heavy atom. The molecule has 1 heterocycles. The first-order valence-electron chi connectivity index (χ1n) is 7.43. The van der Waals surface area contributed by atoms with Crippen molar-refractivity contribution in [1.82, 2.24) is 4.90 Å². The molecule has 2 nitrogen and oxygen atoms in total. The minimum absolute atomic E-state index is 0.0519. The van der Waals surface area contributed by atoms with Crippen molar-refractivity contribution in [3.8, 4) is 0 Å². The van der Waals surface area contributed by atoms with Crippen LogP contribution < -0.4 is 0 Å². The van der Waals surface area contributed by atoms with E-state index in [1.807, 2.05) is 23.1 Å². The van der Waals surface area contributed by atoms with E-state index in [0.717, 1.165) is 24.8 Å². The minimum atomic E-state index is 0.0519. The number of halogens is 2. The number of benzene rings is 1. The molecule has 4 heteroatoms. The quantitative estimate of drug-likeness (QED) is 0.648. The van der Waals surface area contributed by atoms with Gasteiger partial charge in [-0.2, -0.15) is 0 Å². The van der Waals surface area contributed by atoms with Crippen LogP contribution in [-0.4, -0.2) is 17.4 Å². The fourth-order valence-electron chi connectivity index (χ4n) is 3.13. The fourth-order valence-corrected chi connectivity index (χ4v) is 3.60. The molecule has 1 aliphatic heterocycles. The van der Waals surface area contributed by atoms with E-state index in [4.69, 9.17) is 23.2 Å². The molecule has 0 spiro atoms. The van der Waals surface area contributed by atoms with E-state index in [-0.39, 0.29) is 11.3 Å². The molecule has 0 atom stereocenters. The number of likely N-dealkylation sites (tertiary alicyclic amines) is 1. The van der Waals surface area contributed by atoms with Crippen LogP contribution in [0.25, 0.3) is 0 Å². The molecule has 1 aromatic rings. The second kappa shape index (κ2) is 7.34. The zero-order valence-corrected chi connectivity index (χ0v) is 14.2. The Morgan fingerprint density at radius 2 is 1.91 bits per heavy atom. The number of carbonyl (C=O) groups is 1. The largest absolute Gasteiger partial charge is 0.338 e. The average molecular weight is 338 g/mol. The summed E-state index contributed by atoms with van der Waals surface area (Å²) >= 11 is 12.2. The van der Waals surface area contributed by atoms with Crippen molar-refractivity contribution in [2.75, 3.05) is 6.54 Å². The number of allylic oxidation sites excluding steroid dienone is 2. The lowest BCUT2D eigenvalue weighted by Crippen LogP contribution is -2.45. The van der Waals surface area contributed by atoms with Crippen LogP contribution in [0.4, 0.5) is 0 Å². The minimum Gasteiger partial charge on any atom is -0.338 e. The summed E-state index contributed by atoms with van der Waals surface area (Å²) in [5.74, 6) is 0.176. The van der Waals surface area contributed by atoms with Gasteiger partial charge in [0, 0.05) is 29.6 Å². The van der Waals surface area contributed by atoms with Gasteiger partial charge < -0.3 is 4.90 Å². The predicted octanol–water partition coefficient (Wildman–Crippen LogP) is 5.25. The van der Waals surface area contributed by atoms with Gasteiger partial charge in [0.25, 0.3) is 0 Å². The smallest absolute Gasteiger partial charge is 0.222 e. The highest BCUT2D eigenvalue weighted by Crippen LogP contribution is 2.38. The molecule has 0 N–H and O–H groups in total. The molecule has 0 aromatic heterocycles. The molecule has 0 bridgehead atoms. The molecule has 1 amide bonds. The van der Waals surface area contributed by atoms with E-state index < -0.39 is 0 Å². The summed E-state index contributed by atoms with van der Waals surface area (Å²) in [6, 6.07) is 5.40. The monoisotopic (exact) mass is 337 g/mol.